The number of rotatable bonds is 0. The Morgan fingerprint density at radius 3 is 3.00 bits per heavy atom. The van der Waals surface area contributed by atoms with Gasteiger partial charge in [-0.3, -0.25) is 4.79 Å². The zero-order valence-corrected chi connectivity index (χ0v) is 8.99. The fourth-order valence-corrected chi connectivity index (χ4v) is 4.33. The minimum absolute atomic E-state index is 0.370. The van der Waals surface area contributed by atoms with E-state index < -0.39 is 0 Å². The number of Topliss-reactive ketones (excluding diaryl/α,β-unsaturated/α-hetero) is 1. The van der Waals surface area contributed by atoms with Crippen molar-refractivity contribution in [2.75, 3.05) is 0 Å². The van der Waals surface area contributed by atoms with Crippen molar-refractivity contribution in [3.63, 3.8) is 0 Å². The highest BCUT2D eigenvalue weighted by molar-refractivity contribution is 5.84. The minimum Gasteiger partial charge on any atom is -0.299 e. The van der Waals surface area contributed by atoms with Crippen LogP contribution in [-0.4, -0.2) is 5.78 Å². The fraction of sp³-hybridized carbons (Fsp3) is 0.769. The first-order chi connectivity index (χ1) is 6.62. The lowest BCUT2D eigenvalue weighted by Crippen LogP contribution is -2.24. The molecule has 0 radical (unpaired) electrons. The molecule has 0 amide bonds. The smallest absolute Gasteiger partial charge is 0.136 e. The molecule has 0 aliphatic heterocycles. The molecule has 0 unspecified atom stereocenters. The van der Waals surface area contributed by atoms with Gasteiger partial charge in [-0.15, -0.1) is 0 Å². The average Bonchev–Trinajstić information content (AvgIpc) is 2.71. The molecule has 0 saturated heterocycles. The summed E-state index contributed by atoms with van der Waals surface area (Å²) in [4.78, 5) is 11.9. The first-order valence-electron chi connectivity index (χ1n) is 5.82. The lowest BCUT2D eigenvalue weighted by Gasteiger charge is -2.30. The summed E-state index contributed by atoms with van der Waals surface area (Å²) in [6, 6.07) is 0. The Balaban J connectivity index is 2.04. The Kier molecular flexibility index (Phi) is 1.55. The lowest BCUT2D eigenvalue weighted by atomic mass is 9.74. The van der Waals surface area contributed by atoms with Crippen LogP contribution in [0.3, 0.4) is 0 Å². The second-order valence-electron chi connectivity index (χ2n) is 5.81. The van der Waals surface area contributed by atoms with Crippen LogP contribution in [0.2, 0.25) is 0 Å². The van der Waals surface area contributed by atoms with E-state index in [1.165, 1.54) is 0 Å². The van der Waals surface area contributed by atoms with Crippen LogP contribution in [0.4, 0.5) is 0 Å². The van der Waals surface area contributed by atoms with Crippen molar-refractivity contribution in [3.8, 4) is 0 Å². The van der Waals surface area contributed by atoms with Gasteiger partial charge in [-0.2, -0.15) is 0 Å². The van der Waals surface area contributed by atoms with Crippen LogP contribution in [0.1, 0.15) is 33.1 Å². The van der Waals surface area contributed by atoms with Crippen molar-refractivity contribution >= 4 is 5.78 Å². The molecule has 0 bridgehead atoms. The van der Waals surface area contributed by atoms with E-state index in [4.69, 9.17) is 0 Å². The zero-order valence-electron chi connectivity index (χ0n) is 8.99. The number of carbonyl (C=O) groups excluding carboxylic acids is 1. The van der Waals surface area contributed by atoms with Gasteiger partial charge in [0, 0.05) is 12.3 Å². The van der Waals surface area contributed by atoms with Crippen molar-refractivity contribution in [1.29, 1.82) is 0 Å². The van der Waals surface area contributed by atoms with Crippen molar-refractivity contribution < 1.29 is 4.79 Å². The zero-order chi connectivity index (χ0) is 9.92. The van der Waals surface area contributed by atoms with Gasteiger partial charge in [0.05, 0.1) is 0 Å². The maximum atomic E-state index is 11.9. The molecule has 0 heterocycles. The van der Waals surface area contributed by atoms with E-state index in [-0.39, 0.29) is 0 Å². The summed E-state index contributed by atoms with van der Waals surface area (Å²) in [5.41, 5.74) is 0.370. The second-order valence-corrected chi connectivity index (χ2v) is 5.81. The topological polar surface area (TPSA) is 17.1 Å². The maximum absolute atomic E-state index is 11.9. The van der Waals surface area contributed by atoms with Crippen LogP contribution in [0.5, 0.6) is 0 Å². The van der Waals surface area contributed by atoms with E-state index in [1.807, 2.05) is 0 Å². The number of hydrogen-bond donors (Lipinski definition) is 0. The first kappa shape index (κ1) is 8.70. The molecule has 76 valence electrons. The third-order valence-corrected chi connectivity index (χ3v) is 5.00. The highest BCUT2D eigenvalue weighted by Gasteiger charge is 2.59. The first-order valence-corrected chi connectivity index (χ1v) is 5.82. The van der Waals surface area contributed by atoms with Crippen LogP contribution in [0.15, 0.2) is 12.2 Å². The van der Waals surface area contributed by atoms with Crippen LogP contribution >= 0.6 is 0 Å². The third kappa shape index (κ3) is 0.838. The van der Waals surface area contributed by atoms with Gasteiger partial charge in [0.2, 0.25) is 0 Å². The minimum atomic E-state index is 0.370. The van der Waals surface area contributed by atoms with Crippen LogP contribution < -0.4 is 0 Å². The predicted octanol–water partition coefficient (Wildman–Crippen LogP) is 2.81. The number of carbonyl (C=O) groups is 1. The van der Waals surface area contributed by atoms with Gasteiger partial charge in [-0.1, -0.05) is 26.0 Å². The molecule has 0 N–H and O–H groups in total. The Bertz CT molecular complexity index is 313. The molecule has 2 fully saturated rings. The van der Waals surface area contributed by atoms with E-state index in [0.29, 0.717) is 34.9 Å². The quantitative estimate of drug-likeness (QED) is 0.537. The molecule has 0 spiro atoms. The van der Waals surface area contributed by atoms with E-state index in [2.05, 4.69) is 26.0 Å². The highest BCUT2D eigenvalue weighted by Crippen LogP contribution is 2.62. The van der Waals surface area contributed by atoms with E-state index in [0.717, 1.165) is 19.3 Å². The van der Waals surface area contributed by atoms with Gasteiger partial charge in [0.25, 0.3) is 0 Å². The van der Waals surface area contributed by atoms with E-state index >= 15 is 0 Å². The van der Waals surface area contributed by atoms with Gasteiger partial charge in [0.1, 0.15) is 5.78 Å². The van der Waals surface area contributed by atoms with Crippen molar-refractivity contribution in [2.24, 2.45) is 29.1 Å². The van der Waals surface area contributed by atoms with Crippen LogP contribution in [0, 0.1) is 29.1 Å². The number of allylic oxidation sites excluding steroid dienone is 2. The van der Waals surface area contributed by atoms with Crippen LogP contribution in [0.25, 0.3) is 0 Å². The van der Waals surface area contributed by atoms with Gasteiger partial charge in [0.15, 0.2) is 0 Å². The second kappa shape index (κ2) is 2.50. The third-order valence-electron chi connectivity index (χ3n) is 5.00. The number of hydrogen-bond acceptors (Lipinski definition) is 1. The SMILES string of the molecule is CC1(C)[C@H]2C=CC[C@H]2[C@@H]2C(=O)CC[C@@H]21. The molecule has 0 aromatic rings. The molecule has 0 aromatic heterocycles. The Labute approximate surface area is 85.6 Å². The van der Waals surface area contributed by atoms with Crippen molar-refractivity contribution in [1.82, 2.24) is 0 Å². The molecule has 14 heavy (non-hydrogen) atoms. The molecule has 4 atom stereocenters. The van der Waals surface area contributed by atoms with E-state index in [1.54, 1.807) is 0 Å². The molecule has 3 rings (SSSR count). The van der Waals surface area contributed by atoms with Crippen molar-refractivity contribution in [3.05, 3.63) is 12.2 Å². The monoisotopic (exact) mass is 190 g/mol. The summed E-state index contributed by atoms with van der Waals surface area (Å²) < 4.78 is 0. The Morgan fingerprint density at radius 2 is 2.21 bits per heavy atom. The molecular weight excluding hydrogens is 172 g/mol. The summed E-state index contributed by atoms with van der Waals surface area (Å²) >= 11 is 0. The predicted molar refractivity (Wildman–Crippen MR) is 55.7 cm³/mol. The molecule has 3 aliphatic carbocycles. The summed E-state index contributed by atoms with van der Waals surface area (Å²) in [7, 11) is 0. The largest absolute Gasteiger partial charge is 0.299 e. The molecular formula is C13H18O. The molecule has 3 aliphatic rings. The summed E-state index contributed by atoms with van der Waals surface area (Å²) in [6.45, 7) is 4.73. The van der Waals surface area contributed by atoms with Gasteiger partial charge < -0.3 is 0 Å². The highest BCUT2D eigenvalue weighted by atomic mass is 16.1. The average molecular weight is 190 g/mol. The maximum Gasteiger partial charge on any atom is 0.136 e. The number of ketones is 1. The fourth-order valence-electron chi connectivity index (χ4n) is 4.33. The van der Waals surface area contributed by atoms with E-state index in [9.17, 15) is 4.79 Å². The Morgan fingerprint density at radius 1 is 1.43 bits per heavy atom. The molecule has 1 heteroatoms. The normalized spacial score (nSPS) is 48.3. The van der Waals surface area contributed by atoms with Gasteiger partial charge in [-0.05, 0) is 36.0 Å². The van der Waals surface area contributed by atoms with Crippen LogP contribution in [-0.2, 0) is 4.79 Å². The summed E-state index contributed by atoms with van der Waals surface area (Å²) in [5, 5.41) is 0. The summed E-state index contributed by atoms with van der Waals surface area (Å²) in [5.74, 6) is 2.98. The number of fused-ring (bicyclic) bond motifs is 3. The lowest BCUT2D eigenvalue weighted by molar-refractivity contribution is -0.122. The Hall–Kier alpha value is -0.590. The molecule has 1 nitrogen and oxygen atoms in total. The van der Waals surface area contributed by atoms with Crippen molar-refractivity contribution in [2.45, 2.75) is 33.1 Å². The summed E-state index contributed by atoms with van der Waals surface area (Å²) in [6.07, 6.45) is 7.81. The molecule has 0 aromatic carbocycles. The molecule has 2 saturated carbocycles. The van der Waals surface area contributed by atoms with Gasteiger partial charge in [-0.25, -0.2) is 0 Å². The van der Waals surface area contributed by atoms with Gasteiger partial charge >= 0.3 is 0 Å². The standard InChI is InChI=1S/C13H18O/c1-13(2)9-5-3-4-8(9)12-10(13)6-7-11(12)14/h3,5,8-10,12H,4,6-7H2,1-2H3/t8-,9+,10+,12+/m1/s1.